The maximum Gasteiger partial charge on any atom is 0.419 e. The first-order valence-electron chi connectivity index (χ1n) is 8.64. The number of nitrogens with zero attached hydrogens (tertiary/aromatic N) is 2. The number of hydrogen-bond acceptors (Lipinski definition) is 2. The summed E-state index contributed by atoms with van der Waals surface area (Å²) in [6.07, 6.45) is 2.47. The average Bonchev–Trinajstić information content (AvgIpc) is 2.91. The summed E-state index contributed by atoms with van der Waals surface area (Å²) in [7, 11) is 1.91. The van der Waals surface area contributed by atoms with Gasteiger partial charge in [0, 0.05) is 11.6 Å². The van der Waals surface area contributed by atoms with E-state index in [1.54, 1.807) is 20.8 Å². The summed E-state index contributed by atoms with van der Waals surface area (Å²) in [4.78, 5) is 12.8. The molecule has 3 rings (SSSR count). The van der Waals surface area contributed by atoms with Crippen LogP contribution in [0.5, 0.6) is 0 Å². The molecular formula is C20H22F3N2O2+. The normalized spacial score (nSPS) is 19.1. The molecule has 0 saturated heterocycles. The van der Waals surface area contributed by atoms with Crippen LogP contribution in [0.25, 0.3) is 11.6 Å². The van der Waals surface area contributed by atoms with Gasteiger partial charge in [0.2, 0.25) is 0 Å². The van der Waals surface area contributed by atoms with Crippen LogP contribution >= 0.6 is 0 Å². The van der Waals surface area contributed by atoms with Gasteiger partial charge < -0.3 is 4.74 Å². The van der Waals surface area contributed by atoms with Crippen molar-refractivity contribution < 1.29 is 27.3 Å². The van der Waals surface area contributed by atoms with Crippen molar-refractivity contribution in [3.8, 4) is 0 Å². The highest BCUT2D eigenvalue weighted by Crippen LogP contribution is 2.30. The molecule has 0 unspecified atom stereocenters. The molecule has 0 fully saturated rings. The Labute approximate surface area is 155 Å². The van der Waals surface area contributed by atoms with Crippen LogP contribution in [-0.2, 0) is 11.3 Å². The number of allylic oxidation sites excluding steroid dienone is 4. The van der Waals surface area contributed by atoms with E-state index in [4.69, 9.17) is 4.74 Å². The predicted octanol–water partition coefficient (Wildman–Crippen LogP) is 2.88. The zero-order valence-electron chi connectivity index (χ0n) is 15.7. The molecule has 0 amide bonds. The fraction of sp³-hybridized carbons (Fsp3) is 0.400. The summed E-state index contributed by atoms with van der Waals surface area (Å²) in [6.45, 7) is 5.93. The molecule has 1 aromatic rings. The Kier molecular flexibility index (Phi) is 4.66. The van der Waals surface area contributed by atoms with Gasteiger partial charge in [-0.2, -0.15) is 13.2 Å². The van der Waals surface area contributed by atoms with Crippen molar-refractivity contribution >= 4 is 24.0 Å². The minimum atomic E-state index is -4.38. The zero-order chi connectivity index (χ0) is 20.0. The van der Waals surface area contributed by atoms with E-state index in [-0.39, 0.29) is 6.42 Å². The Morgan fingerprint density at radius 1 is 1.22 bits per heavy atom. The van der Waals surface area contributed by atoms with E-state index in [1.807, 2.05) is 30.0 Å². The lowest BCUT2D eigenvalue weighted by Crippen LogP contribution is -2.40. The van der Waals surface area contributed by atoms with Crippen molar-refractivity contribution in [2.45, 2.75) is 45.5 Å². The van der Waals surface area contributed by atoms with Gasteiger partial charge in [0.1, 0.15) is 12.6 Å². The maximum atomic E-state index is 12.9. The van der Waals surface area contributed by atoms with Crippen LogP contribution in [0, 0.1) is 0 Å². The third-order valence-electron chi connectivity index (χ3n) is 4.27. The molecule has 7 heteroatoms. The lowest BCUT2D eigenvalue weighted by Gasteiger charge is -2.20. The number of aromatic nitrogens is 1. The number of ether oxygens (including phenoxy) is 1. The molecule has 4 nitrogen and oxygen atoms in total. The number of rotatable bonds is 0. The summed E-state index contributed by atoms with van der Waals surface area (Å²) in [5.74, 6) is 0. The summed E-state index contributed by atoms with van der Waals surface area (Å²) >= 11 is 0. The lowest BCUT2D eigenvalue weighted by molar-refractivity contribution is -0.508. The highest BCUT2D eigenvalue weighted by Gasteiger charge is 2.32. The van der Waals surface area contributed by atoms with Gasteiger partial charge >= 0.3 is 12.3 Å². The summed E-state index contributed by atoms with van der Waals surface area (Å²) in [6, 6.07) is 1.85. The number of alkyl halides is 3. The standard InChI is InChI=1S/C20H22F3N2O2/c1-19(2,3)27-18(26)25-16-9-10-24(4)12-14(16)11-17(25)13-5-7-15(8-6-13)20(21,22)23/h5,7-11H,6,12H2,1-4H3/q+1. The number of fused-ring (bicyclic) bond motifs is 1. The largest absolute Gasteiger partial charge is 0.443 e. The first-order chi connectivity index (χ1) is 12.5. The van der Waals surface area contributed by atoms with E-state index < -0.39 is 23.4 Å². The van der Waals surface area contributed by atoms with E-state index in [2.05, 4.69) is 0 Å². The van der Waals surface area contributed by atoms with Crippen LogP contribution < -0.4 is 10.7 Å². The van der Waals surface area contributed by atoms with Crippen LogP contribution in [-0.4, -0.2) is 40.3 Å². The van der Waals surface area contributed by atoms with Crippen molar-refractivity contribution in [1.29, 1.82) is 0 Å². The minimum Gasteiger partial charge on any atom is -0.443 e. The molecule has 0 N–H and O–H groups in total. The molecular weight excluding hydrogens is 357 g/mol. The molecule has 0 atom stereocenters. The first kappa shape index (κ1) is 19.2. The van der Waals surface area contributed by atoms with Gasteiger partial charge in [0.25, 0.3) is 0 Å². The van der Waals surface area contributed by atoms with Crippen molar-refractivity contribution in [2.75, 3.05) is 7.05 Å². The highest BCUT2D eigenvalue weighted by molar-refractivity contribution is 5.89. The predicted molar refractivity (Wildman–Crippen MR) is 97.0 cm³/mol. The van der Waals surface area contributed by atoms with Gasteiger partial charge in [-0.05, 0) is 44.9 Å². The Morgan fingerprint density at radius 3 is 2.48 bits per heavy atom. The third-order valence-corrected chi connectivity index (χ3v) is 4.27. The minimum absolute atomic E-state index is 0.0938. The fourth-order valence-corrected chi connectivity index (χ4v) is 3.09. The summed E-state index contributed by atoms with van der Waals surface area (Å²) in [5, 5.41) is 1.26. The molecule has 0 aromatic carbocycles. The van der Waals surface area contributed by atoms with Crippen molar-refractivity contribution in [2.24, 2.45) is 0 Å². The SMILES string of the molecule is C[N+]1=CC=c2c(cc(=C3C=CC(C(F)(F)F)=CC3)n2C(=O)OC(C)(C)C)C1. The van der Waals surface area contributed by atoms with Crippen molar-refractivity contribution in [3.05, 3.63) is 46.1 Å². The van der Waals surface area contributed by atoms with Gasteiger partial charge in [0.05, 0.1) is 16.3 Å². The molecule has 0 spiro atoms. The van der Waals surface area contributed by atoms with E-state index in [0.29, 0.717) is 22.8 Å². The second-order valence-electron chi connectivity index (χ2n) is 7.71. The van der Waals surface area contributed by atoms with E-state index in [0.717, 1.165) is 17.7 Å². The number of carbonyl (C=O) groups excluding carboxylic acids is 1. The summed E-state index contributed by atoms with van der Waals surface area (Å²) < 4.78 is 47.6. The monoisotopic (exact) mass is 379 g/mol. The molecule has 1 aliphatic carbocycles. The Hall–Kier alpha value is -2.57. The van der Waals surface area contributed by atoms with E-state index in [9.17, 15) is 18.0 Å². The second kappa shape index (κ2) is 6.55. The third kappa shape index (κ3) is 4.07. The Bertz CT molecular complexity index is 1000. The molecule has 144 valence electrons. The van der Waals surface area contributed by atoms with Gasteiger partial charge in [0.15, 0.2) is 12.8 Å². The molecule has 1 aliphatic heterocycles. The fourth-order valence-electron chi connectivity index (χ4n) is 3.09. The van der Waals surface area contributed by atoms with Crippen molar-refractivity contribution in [1.82, 2.24) is 4.57 Å². The van der Waals surface area contributed by atoms with Gasteiger partial charge in [-0.25, -0.2) is 13.9 Å². The van der Waals surface area contributed by atoms with Crippen LogP contribution in [0.4, 0.5) is 18.0 Å². The number of hydrogen-bond donors (Lipinski definition) is 0. The Balaban J connectivity index is 2.15. The van der Waals surface area contributed by atoms with Gasteiger partial charge in [-0.3, -0.25) is 0 Å². The quantitative estimate of drug-likeness (QED) is 0.650. The van der Waals surface area contributed by atoms with Crippen LogP contribution in [0.2, 0.25) is 0 Å². The zero-order valence-corrected chi connectivity index (χ0v) is 15.7. The topological polar surface area (TPSA) is 34.2 Å². The molecule has 0 saturated carbocycles. The number of carbonyl (C=O) groups is 1. The number of halogens is 3. The van der Waals surface area contributed by atoms with Gasteiger partial charge in [-0.1, -0.05) is 12.2 Å². The molecule has 2 aliphatic rings. The van der Waals surface area contributed by atoms with Gasteiger partial charge in [-0.15, -0.1) is 0 Å². The average molecular weight is 379 g/mol. The lowest BCUT2D eigenvalue weighted by atomic mass is 10.0. The molecule has 2 heterocycles. The molecule has 0 bridgehead atoms. The molecule has 1 aromatic heterocycles. The Morgan fingerprint density at radius 2 is 1.93 bits per heavy atom. The first-order valence-corrected chi connectivity index (χ1v) is 8.64. The van der Waals surface area contributed by atoms with E-state index in [1.165, 1.54) is 10.6 Å². The maximum absolute atomic E-state index is 12.9. The van der Waals surface area contributed by atoms with Crippen LogP contribution in [0.3, 0.4) is 0 Å². The smallest absolute Gasteiger partial charge is 0.419 e. The second-order valence-corrected chi connectivity index (χ2v) is 7.71. The van der Waals surface area contributed by atoms with Crippen LogP contribution in [0.15, 0.2) is 29.9 Å². The van der Waals surface area contributed by atoms with Crippen LogP contribution in [0.1, 0.15) is 32.8 Å². The molecule has 0 radical (unpaired) electrons. The summed E-state index contributed by atoms with van der Waals surface area (Å²) in [5.41, 5.74) is 0.203. The molecule has 27 heavy (non-hydrogen) atoms. The highest BCUT2D eigenvalue weighted by atomic mass is 19.4. The van der Waals surface area contributed by atoms with Crippen molar-refractivity contribution in [3.63, 3.8) is 0 Å². The van der Waals surface area contributed by atoms with E-state index >= 15 is 0 Å².